The fourth-order valence-corrected chi connectivity index (χ4v) is 4.50. The highest BCUT2D eigenvalue weighted by Gasteiger charge is 2.16. The number of thioether (sulfide) groups is 1. The molecule has 0 bridgehead atoms. The van der Waals surface area contributed by atoms with E-state index in [1.807, 2.05) is 30.3 Å². The van der Waals surface area contributed by atoms with Crippen LogP contribution in [0.15, 0.2) is 84.0 Å². The molecule has 0 saturated heterocycles. The third-order valence-corrected chi connectivity index (χ3v) is 6.51. The molecule has 0 N–H and O–H groups in total. The molecule has 0 unspecified atom stereocenters. The quantitative estimate of drug-likeness (QED) is 0.261. The highest BCUT2D eigenvalue weighted by Crippen LogP contribution is 2.26. The molecule has 0 fully saturated rings. The molecule has 0 aliphatic rings. The van der Waals surface area contributed by atoms with Gasteiger partial charge in [-0.1, -0.05) is 73.3 Å². The number of benzene rings is 3. The monoisotopic (exact) mass is 458 g/mol. The molecule has 170 valence electrons. The topological polar surface area (TPSA) is 36.3 Å². The van der Waals surface area contributed by atoms with Gasteiger partial charge >= 0.3 is 0 Å². The summed E-state index contributed by atoms with van der Waals surface area (Å²) in [6, 6.07) is 26.9. The van der Waals surface area contributed by atoms with Gasteiger partial charge in [0.25, 0.3) is 0 Å². The number of hydrogen-bond acceptors (Lipinski definition) is 4. The highest BCUT2D eigenvalue weighted by atomic mass is 32.2. The van der Waals surface area contributed by atoms with Gasteiger partial charge in [0.05, 0.1) is 12.8 Å². The molecule has 33 heavy (non-hydrogen) atoms. The van der Waals surface area contributed by atoms with Crippen molar-refractivity contribution in [2.45, 2.75) is 31.5 Å². The van der Waals surface area contributed by atoms with Crippen molar-refractivity contribution in [2.24, 2.45) is 7.05 Å². The first-order valence-electron chi connectivity index (χ1n) is 11.2. The summed E-state index contributed by atoms with van der Waals surface area (Å²) in [6.45, 7) is 2.74. The number of aromatic nitrogens is 2. The maximum atomic E-state index is 5.95. The first-order valence-corrected chi connectivity index (χ1v) is 12.2. The molecule has 4 aromatic rings. The van der Waals surface area contributed by atoms with Crippen molar-refractivity contribution < 1.29 is 9.47 Å². The van der Waals surface area contributed by atoms with Crippen LogP contribution in [0.1, 0.15) is 35.0 Å². The Kier molecular flexibility index (Phi) is 7.74. The number of hydrogen-bond donors (Lipinski definition) is 0. The number of rotatable bonds is 10. The molecular weight excluding hydrogens is 428 g/mol. The molecule has 0 amide bonds. The Bertz CT molecular complexity index is 1150. The SMILES string of the molecule is CCSc1nc(Cc2ccc(OC)cc2)c(Cc2ccc(OCc3ccccc3)cc2)n1C. The number of nitrogens with zero attached hydrogens (tertiary/aromatic N) is 2. The lowest BCUT2D eigenvalue weighted by Gasteiger charge is -2.10. The van der Waals surface area contributed by atoms with Crippen molar-refractivity contribution in [2.75, 3.05) is 12.9 Å². The Morgan fingerprint density at radius 1 is 0.788 bits per heavy atom. The Morgan fingerprint density at radius 3 is 2.06 bits per heavy atom. The van der Waals surface area contributed by atoms with Gasteiger partial charge in [-0.15, -0.1) is 0 Å². The second kappa shape index (κ2) is 11.1. The Hall–Kier alpha value is -3.18. The van der Waals surface area contributed by atoms with Crippen LogP contribution >= 0.6 is 11.8 Å². The second-order valence-electron chi connectivity index (χ2n) is 7.90. The van der Waals surface area contributed by atoms with Crippen molar-refractivity contribution in [1.29, 1.82) is 0 Å². The van der Waals surface area contributed by atoms with Crippen LogP contribution in [0.25, 0.3) is 0 Å². The molecule has 1 heterocycles. The average Bonchev–Trinajstić information content (AvgIpc) is 3.14. The normalized spacial score (nSPS) is 10.9. The minimum Gasteiger partial charge on any atom is -0.497 e. The van der Waals surface area contributed by atoms with Crippen LogP contribution in [0.4, 0.5) is 0 Å². The summed E-state index contributed by atoms with van der Waals surface area (Å²) in [5, 5.41) is 1.07. The minimum atomic E-state index is 0.575. The third kappa shape index (κ3) is 5.99. The van der Waals surface area contributed by atoms with Gasteiger partial charge < -0.3 is 14.0 Å². The van der Waals surface area contributed by atoms with E-state index in [2.05, 4.69) is 67.1 Å². The molecule has 0 aliphatic carbocycles. The standard InChI is InChI=1S/C28H30N2O2S/c1-4-33-28-29-26(18-21-10-14-24(31-3)15-11-21)27(30(28)2)19-22-12-16-25(17-13-22)32-20-23-8-6-5-7-9-23/h5-17H,4,18-20H2,1-3H3. The van der Waals surface area contributed by atoms with Crippen molar-refractivity contribution in [3.05, 3.63) is 107 Å². The fraction of sp³-hybridized carbons (Fsp3) is 0.250. The Labute approximate surface area is 200 Å². The molecule has 1 aromatic heterocycles. The predicted octanol–water partition coefficient (Wildman–Crippen LogP) is 6.30. The lowest BCUT2D eigenvalue weighted by Crippen LogP contribution is -2.03. The van der Waals surface area contributed by atoms with E-state index in [1.165, 1.54) is 22.4 Å². The molecule has 0 aliphatic heterocycles. The van der Waals surface area contributed by atoms with Gasteiger partial charge in [-0.2, -0.15) is 0 Å². The summed E-state index contributed by atoms with van der Waals surface area (Å²) in [5.41, 5.74) is 6.02. The van der Waals surface area contributed by atoms with Crippen LogP contribution in [0.2, 0.25) is 0 Å². The van der Waals surface area contributed by atoms with E-state index in [1.54, 1.807) is 18.9 Å². The van der Waals surface area contributed by atoms with E-state index in [0.29, 0.717) is 6.61 Å². The molecule has 0 atom stereocenters. The zero-order valence-corrected chi connectivity index (χ0v) is 20.3. The van der Waals surface area contributed by atoms with E-state index in [-0.39, 0.29) is 0 Å². The van der Waals surface area contributed by atoms with Crippen molar-refractivity contribution in [3.8, 4) is 11.5 Å². The predicted molar refractivity (Wildman–Crippen MR) is 135 cm³/mol. The number of methoxy groups -OCH3 is 1. The molecule has 5 heteroatoms. The van der Waals surface area contributed by atoms with Gasteiger partial charge in [-0.05, 0) is 46.7 Å². The average molecular weight is 459 g/mol. The van der Waals surface area contributed by atoms with Crippen LogP contribution < -0.4 is 9.47 Å². The van der Waals surface area contributed by atoms with Crippen LogP contribution in [0, 0.1) is 0 Å². The zero-order chi connectivity index (χ0) is 23.0. The summed E-state index contributed by atoms with van der Waals surface area (Å²) in [4.78, 5) is 4.98. The third-order valence-electron chi connectivity index (χ3n) is 5.60. The van der Waals surface area contributed by atoms with E-state index in [4.69, 9.17) is 14.5 Å². The van der Waals surface area contributed by atoms with E-state index >= 15 is 0 Å². The Balaban J connectivity index is 1.49. The van der Waals surface area contributed by atoms with Gasteiger partial charge in [-0.25, -0.2) is 4.98 Å². The molecule has 4 rings (SSSR count). The van der Waals surface area contributed by atoms with Crippen LogP contribution in [0.5, 0.6) is 11.5 Å². The summed E-state index contributed by atoms with van der Waals surface area (Å²) in [5.74, 6) is 2.75. The van der Waals surface area contributed by atoms with Crippen LogP contribution in [-0.2, 0) is 26.5 Å². The first kappa shape index (κ1) is 23.0. The molecule has 3 aromatic carbocycles. The highest BCUT2D eigenvalue weighted by molar-refractivity contribution is 7.99. The maximum Gasteiger partial charge on any atom is 0.168 e. The van der Waals surface area contributed by atoms with Crippen LogP contribution in [-0.4, -0.2) is 22.4 Å². The van der Waals surface area contributed by atoms with Crippen LogP contribution in [0.3, 0.4) is 0 Å². The van der Waals surface area contributed by atoms with Gasteiger partial charge in [0.15, 0.2) is 5.16 Å². The summed E-state index contributed by atoms with van der Waals surface area (Å²) < 4.78 is 13.5. The lowest BCUT2D eigenvalue weighted by atomic mass is 10.0. The summed E-state index contributed by atoms with van der Waals surface area (Å²) in [7, 11) is 3.81. The first-order chi connectivity index (χ1) is 16.2. The summed E-state index contributed by atoms with van der Waals surface area (Å²) >= 11 is 1.78. The molecule has 0 saturated carbocycles. The van der Waals surface area contributed by atoms with Gasteiger partial charge in [0, 0.05) is 25.6 Å². The Morgan fingerprint density at radius 2 is 1.42 bits per heavy atom. The smallest absolute Gasteiger partial charge is 0.168 e. The summed E-state index contributed by atoms with van der Waals surface area (Å²) in [6.07, 6.45) is 1.63. The zero-order valence-electron chi connectivity index (χ0n) is 19.5. The molecule has 4 nitrogen and oxygen atoms in total. The van der Waals surface area contributed by atoms with E-state index in [9.17, 15) is 0 Å². The number of imidazole rings is 1. The largest absolute Gasteiger partial charge is 0.497 e. The maximum absolute atomic E-state index is 5.95. The molecule has 0 spiro atoms. The minimum absolute atomic E-state index is 0.575. The fourth-order valence-electron chi connectivity index (χ4n) is 3.76. The van der Waals surface area contributed by atoms with E-state index in [0.717, 1.165) is 40.9 Å². The van der Waals surface area contributed by atoms with E-state index < -0.39 is 0 Å². The molecular formula is C28H30N2O2S. The van der Waals surface area contributed by atoms with Gasteiger partial charge in [-0.3, -0.25) is 0 Å². The van der Waals surface area contributed by atoms with Crippen molar-refractivity contribution in [3.63, 3.8) is 0 Å². The molecule has 0 radical (unpaired) electrons. The van der Waals surface area contributed by atoms with Crippen molar-refractivity contribution in [1.82, 2.24) is 9.55 Å². The van der Waals surface area contributed by atoms with Gasteiger partial charge in [0.1, 0.15) is 18.1 Å². The second-order valence-corrected chi connectivity index (χ2v) is 9.13. The number of ether oxygens (including phenoxy) is 2. The van der Waals surface area contributed by atoms with Crippen molar-refractivity contribution >= 4 is 11.8 Å². The lowest BCUT2D eigenvalue weighted by molar-refractivity contribution is 0.306. The van der Waals surface area contributed by atoms with Gasteiger partial charge in [0.2, 0.25) is 0 Å².